The molecule has 0 bridgehead atoms. The van der Waals surface area contributed by atoms with Crippen LogP contribution in [0.2, 0.25) is 0 Å². The Bertz CT molecular complexity index is 1380. The van der Waals surface area contributed by atoms with Gasteiger partial charge in [0.15, 0.2) is 11.5 Å². The van der Waals surface area contributed by atoms with E-state index in [-0.39, 0.29) is 5.91 Å². The summed E-state index contributed by atoms with van der Waals surface area (Å²) in [6.45, 7) is 1.55. The van der Waals surface area contributed by atoms with Crippen molar-refractivity contribution in [2.75, 3.05) is 18.5 Å². The van der Waals surface area contributed by atoms with Gasteiger partial charge in [-0.15, -0.1) is 0 Å². The lowest BCUT2D eigenvalue weighted by atomic mass is 10.1. The van der Waals surface area contributed by atoms with Crippen molar-refractivity contribution in [1.82, 2.24) is 24.8 Å². The number of imidazole rings is 1. The molecule has 2 aromatic carbocycles. The summed E-state index contributed by atoms with van der Waals surface area (Å²) >= 11 is 0. The molecule has 1 aliphatic rings. The van der Waals surface area contributed by atoms with Crippen molar-refractivity contribution in [3.63, 3.8) is 0 Å². The second-order valence-corrected chi connectivity index (χ2v) is 9.27. The minimum atomic E-state index is -1.16. The molecule has 4 atom stereocenters. The number of carbonyl (C=O) groups excluding carboxylic acids is 1. The number of hydrogen-bond donors (Lipinski definition) is 5. The monoisotopic (exact) mass is 517 g/mol. The van der Waals surface area contributed by atoms with Gasteiger partial charge in [0.1, 0.15) is 29.8 Å². The van der Waals surface area contributed by atoms with Crippen molar-refractivity contribution in [3.8, 4) is 5.75 Å². The Balaban J connectivity index is 1.28. The number of carbonyl (C=O) groups is 1. The number of amides is 1. The van der Waals surface area contributed by atoms with Crippen LogP contribution >= 0.6 is 0 Å². The Hall–Kier alpha value is -4.06. The fourth-order valence-corrected chi connectivity index (χ4v) is 4.68. The van der Waals surface area contributed by atoms with Gasteiger partial charge in [-0.25, -0.2) is 15.0 Å². The molecule has 1 amide bonds. The molecule has 11 nitrogen and oxygen atoms in total. The molecule has 1 aliphatic carbocycles. The topological polar surface area (TPSA) is 160 Å². The molecule has 38 heavy (non-hydrogen) atoms. The summed E-state index contributed by atoms with van der Waals surface area (Å²) < 4.78 is 7.36. The molecule has 5 rings (SSSR count). The minimum absolute atomic E-state index is 0.295. The molecule has 2 aromatic heterocycles. The standard InChI is InChI=1S/C27H31N7O4/c28-10-5-11-38-19-9-4-8-18(12-19)27(37)33-20-13-21(24(36)23(20)35)34-16-32-22-25(30-15-31-26(22)34)29-14-17-6-2-1-3-7-17/h1-4,6-9,12,15-16,20-21,23-24,35-36H,5,10-11,13-14,28H2,(H,33,37)(H,29,30,31)/t20-,21+,23-,24+/m1/s1. The fraction of sp³-hybridized carbons (Fsp3) is 0.333. The third-order valence-corrected chi connectivity index (χ3v) is 6.70. The molecule has 1 fully saturated rings. The van der Waals surface area contributed by atoms with E-state index >= 15 is 0 Å². The molecule has 0 saturated heterocycles. The van der Waals surface area contributed by atoms with Gasteiger partial charge in [-0.2, -0.15) is 0 Å². The molecule has 6 N–H and O–H groups in total. The van der Waals surface area contributed by atoms with Gasteiger partial charge in [0.2, 0.25) is 0 Å². The summed E-state index contributed by atoms with van der Waals surface area (Å²) in [7, 11) is 0. The number of aliphatic hydroxyl groups excluding tert-OH is 2. The van der Waals surface area contributed by atoms with E-state index in [9.17, 15) is 15.0 Å². The van der Waals surface area contributed by atoms with E-state index in [4.69, 9.17) is 10.5 Å². The van der Waals surface area contributed by atoms with E-state index in [1.807, 2.05) is 30.3 Å². The summed E-state index contributed by atoms with van der Waals surface area (Å²) in [5, 5.41) is 27.8. The number of nitrogens with two attached hydrogens (primary N) is 1. The van der Waals surface area contributed by atoms with E-state index in [1.165, 1.54) is 6.33 Å². The van der Waals surface area contributed by atoms with Crippen molar-refractivity contribution in [2.45, 2.75) is 43.7 Å². The number of ether oxygens (including phenoxy) is 1. The predicted molar refractivity (Wildman–Crippen MR) is 142 cm³/mol. The predicted octanol–water partition coefficient (Wildman–Crippen LogP) is 1.63. The maximum atomic E-state index is 12.9. The number of rotatable bonds is 10. The van der Waals surface area contributed by atoms with Crippen molar-refractivity contribution in [3.05, 3.63) is 78.4 Å². The third-order valence-electron chi connectivity index (χ3n) is 6.70. The molecule has 0 radical (unpaired) electrons. The number of fused-ring (bicyclic) bond motifs is 1. The zero-order valence-corrected chi connectivity index (χ0v) is 20.8. The van der Waals surface area contributed by atoms with Crippen LogP contribution in [0.25, 0.3) is 11.2 Å². The molecule has 4 aromatic rings. The molecular formula is C27H31N7O4. The van der Waals surface area contributed by atoms with Gasteiger partial charge in [-0.1, -0.05) is 36.4 Å². The summed E-state index contributed by atoms with van der Waals surface area (Å²) in [6.07, 6.45) is 1.74. The highest BCUT2D eigenvalue weighted by Gasteiger charge is 2.44. The van der Waals surface area contributed by atoms with Gasteiger partial charge < -0.3 is 35.9 Å². The zero-order valence-electron chi connectivity index (χ0n) is 20.8. The van der Waals surface area contributed by atoms with Crippen molar-refractivity contribution in [1.29, 1.82) is 0 Å². The average Bonchev–Trinajstić information content (AvgIpc) is 3.49. The number of benzene rings is 2. The van der Waals surface area contributed by atoms with Crippen LogP contribution in [0, 0.1) is 0 Å². The second-order valence-electron chi connectivity index (χ2n) is 9.27. The van der Waals surface area contributed by atoms with E-state index in [0.29, 0.717) is 60.8 Å². The second kappa shape index (κ2) is 11.5. The van der Waals surface area contributed by atoms with Crippen molar-refractivity contribution < 1.29 is 19.7 Å². The smallest absolute Gasteiger partial charge is 0.251 e. The minimum Gasteiger partial charge on any atom is -0.494 e. The van der Waals surface area contributed by atoms with Crippen LogP contribution in [0.15, 0.2) is 67.3 Å². The maximum Gasteiger partial charge on any atom is 0.251 e. The van der Waals surface area contributed by atoms with Crippen LogP contribution in [0.4, 0.5) is 5.82 Å². The molecule has 0 spiro atoms. The number of nitrogens with zero attached hydrogens (tertiary/aromatic N) is 4. The number of anilines is 1. The Kier molecular flexibility index (Phi) is 7.78. The van der Waals surface area contributed by atoms with Crippen LogP contribution in [0.3, 0.4) is 0 Å². The van der Waals surface area contributed by atoms with E-state index < -0.39 is 24.3 Å². The van der Waals surface area contributed by atoms with E-state index in [1.54, 1.807) is 35.2 Å². The van der Waals surface area contributed by atoms with Gasteiger partial charge in [0.25, 0.3) is 5.91 Å². The normalized spacial score (nSPS) is 20.9. The molecular weight excluding hydrogens is 486 g/mol. The molecule has 198 valence electrons. The van der Waals surface area contributed by atoms with E-state index in [0.717, 1.165) is 5.56 Å². The van der Waals surface area contributed by atoms with Crippen molar-refractivity contribution in [2.24, 2.45) is 5.73 Å². The van der Waals surface area contributed by atoms with E-state index in [2.05, 4.69) is 25.6 Å². The first-order valence-electron chi connectivity index (χ1n) is 12.6. The highest BCUT2D eigenvalue weighted by molar-refractivity contribution is 5.94. The fourth-order valence-electron chi connectivity index (χ4n) is 4.68. The zero-order chi connectivity index (χ0) is 26.5. The summed E-state index contributed by atoms with van der Waals surface area (Å²) in [5.41, 5.74) is 8.09. The molecule has 2 heterocycles. The van der Waals surface area contributed by atoms with Gasteiger partial charge in [0, 0.05) is 12.1 Å². The van der Waals surface area contributed by atoms with Gasteiger partial charge in [-0.05, 0) is 43.1 Å². The number of aliphatic hydroxyl groups is 2. The molecule has 11 heteroatoms. The Morgan fingerprint density at radius 1 is 1.08 bits per heavy atom. The molecule has 0 unspecified atom stereocenters. The van der Waals surface area contributed by atoms with Crippen LogP contribution in [-0.4, -0.2) is 67.0 Å². The molecule has 0 aliphatic heterocycles. The quantitative estimate of drug-likeness (QED) is 0.197. The largest absolute Gasteiger partial charge is 0.494 e. The Morgan fingerprint density at radius 3 is 2.74 bits per heavy atom. The lowest BCUT2D eigenvalue weighted by Gasteiger charge is -2.18. The number of nitrogens with one attached hydrogen (secondary N) is 2. The highest BCUT2D eigenvalue weighted by Crippen LogP contribution is 2.34. The van der Waals surface area contributed by atoms with Crippen LogP contribution in [0.5, 0.6) is 5.75 Å². The van der Waals surface area contributed by atoms with Crippen LogP contribution < -0.4 is 21.1 Å². The Morgan fingerprint density at radius 2 is 1.92 bits per heavy atom. The average molecular weight is 518 g/mol. The maximum absolute atomic E-state index is 12.9. The van der Waals surface area contributed by atoms with Crippen LogP contribution in [-0.2, 0) is 6.54 Å². The summed E-state index contributed by atoms with van der Waals surface area (Å²) in [5.74, 6) is 0.776. The first-order valence-corrected chi connectivity index (χ1v) is 12.6. The lowest BCUT2D eigenvalue weighted by Crippen LogP contribution is -2.43. The van der Waals surface area contributed by atoms with Gasteiger partial charge in [0.05, 0.1) is 25.0 Å². The first kappa shape index (κ1) is 25.6. The summed E-state index contributed by atoms with van der Waals surface area (Å²) in [6, 6.07) is 15.5. The van der Waals surface area contributed by atoms with Gasteiger partial charge in [-0.3, -0.25) is 4.79 Å². The number of aromatic nitrogens is 4. The Labute approximate surface area is 219 Å². The van der Waals surface area contributed by atoms with Crippen LogP contribution in [0.1, 0.15) is 34.8 Å². The van der Waals surface area contributed by atoms with Gasteiger partial charge >= 0.3 is 0 Å². The number of hydrogen-bond acceptors (Lipinski definition) is 9. The summed E-state index contributed by atoms with van der Waals surface area (Å²) in [4.78, 5) is 26.1. The first-order chi connectivity index (χ1) is 18.5. The molecule has 1 saturated carbocycles. The van der Waals surface area contributed by atoms with Crippen molar-refractivity contribution >= 4 is 22.9 Å². The SMILES string of the molecule is NCCCOc1cccc(C(=O)N[C@@H]2C[C@H](n3cnc4c(NCc5ccccc5)ncnc43)[C@H](O)[C@@H]2O)c1. The highest BCUT2D eigenvalue weighted by atomic mass is 16.5. The third kappa shape index (κ3) is 5.44. The lowest BCUT2D eigenvalue weighted by molar-refractivity contribution is 0.0143.